The van der Waals surface area contributed by atoms with Crippen LogP contribution >= 0.6 is 11.6 Å². The van der Waals surface area contributed by atoms with Crippen LogP contribution in [0.1, 0.15) is 5.56 Å². The topological polar surface area (TPSA) is 54.9 Å². The Balaban J connectivity index is 2.16. The second-order valence-electron chi connectivity index (χ2n) is 4.86. The van der Waals surface area contributed by atoms with Crippen molar-refractivity contribution in [3.05, 3.63) is 92.2 Å². The van der Waals surface area contributed by atoms with Gasteiger partial charge >= 0.3 is 5.69 Å². The highest BCUT2D eigenvalue weighted by Crippen LogP contribution is 2.20. The third kappa shape index (κ3) is 2.73. The van der Waals surface area contributed by atoms with E-state index in [1.54, 1.807) is 12.1 Å². The number of rotatable bonds is 3. The minimum atomic E-state index is -0.515. The third-order valence-corrected chi connectivity index (χ3v) is 3.67. The molecule has 0 unspecified atom stereocenters. The number of aromatic amines is 1. The lowest BCUT2D eigenvalue weighted by Gasteiger charge is -2.09. The van der Waals surface area contributed by atoms with Gasteiger partial charge in [0.15, 0.2) is 0 Å². The van der Waals surface area contributed by atoms with Gasteiger partial charge < -0.3 is 0 Å². The fraction of sp³-hybridized carbons (Fsp3) is 0.0588. The van der Waals surface area contributed by atoms with E-state index in [4.69, 9.17) is 11.6 Å². The molecular weight excluding hydrogens is 300 g/mol. The van der Waals surface area contributed by atoms with E-state index in [9.17, 15) is 9.59 Å². The van der Waals surface area contributed by atoms with Gasteiger partial charge in [-0.2, -0.15) is 0 Å². The first-order chi connectivity index (χ1) is 10.7. The Morgan fingerprint density at radius 3 is 2.14 bits per heavy atom. The van der Waals surface area contributed by atoms with Crippen LogP contribution in [0.2, 0.25) is 5.15 Å². The van der Waals surface area contributed by atoms with Gasteiger partial charge in [-0.15, -0.1) is 0 Å². The Morgan fingerprint density at radius 2 is 1.50 bits per heavy atom. The molecule has 0 radical (unpaired) electrons. The molecule has 110 valence electrons. The van der Waals surface area contributed by atoms with Crippen molar-refractivity contribution in [1.29, 1.82) is 0 Å². The zero-order valence-corrected chi connectivity index (χ0v) is 12.4. The van der Waals surface area contributed by atoms with Crippen LogP contribution in [0, 0.1) is 0 Å². The summed E-state index contributed by atoms with van der Waals surface area (Å²) in [5.41, 5.74) is 0.937. The lowest BCUT2D eigenvalue weighted by molar-refractivity contribution is 0.701. The standard InChI is InChI=1S/C17H13ClN2O2/c18-15-14(13-9-5-2-6-10-13)16(21)20(17(22)19-15)11-12-7-3-1-4-8-12/h1-10H,11H2,(H,19,22). The highest BCUT2D eigenvalue weighted by atomic mass is 35.5. The van der Waals surface area contributed by atoms with E-state index >= 15 is 0 Å². The fourth-order valence-corrected chi connectivity index (χ4v) is 2.58. The molecule has 0 atom stereocenters. The van der Waals surface area contributed by atoms with Crippen LogP contribution in [-0.2, 0) is 6.54 Å². The Hall–Kier alpha value is -2.59. The number of benzene rings is 2. The Kier molecular flexibility index (Phi) is 3.94. The smallest absolute Gasteiger partial charge is 0.297 e. The third-order valence-electron chi connectivity index (χ3n) is 3.39. The van der Waals surface area contributed by atoms with E-state index in [1.165, 1.54) is 0 Å². The summed E-state index contributed by atoms with van der Waals surface area (Å²) in [5.74, 6) is 0. The molecule has 0 amide bonds. The number of hydrogen-bond acceptors (Lipinski definition) is 2. The maximum atomic E-state index is 12.7. The maximum absolute atomic E-state index is 12.7. The van der Waals surface area contributed by atoms with Gasteiger partial charge in [-0.1, -0.05) is 72.3 Å². The van der Waals surface area contributed by atoms with E-state index in [0.717, 1.165) is 10.1 Å². The summed E-state index contributed by atoms with van der Waals surface area (Å²) in [6.07, 6.45) is 0. The van der Waals surface area contributed by atoms with Gasteiger partial charge in [-0.3, -0.25) is 14.3 Å². The average molecular weight is 313 g/mol. The number of hydrogen-bond donors (Lipinski definition) is 1. The first kappa shape index (κ1) is 14.4. The molecule has 0 saturated heterocycles. The van der Waals surface area contributed by atoms with Crippen LogP contribution in [0.4, 0.5) is 0 Å². The molecular formula is C17H13ClN2O2. The van der Waals surface area contributed by atoms with Gasteiger partial charge in [0.2, 0.25) is 0 Å². The number of H-pyrrole nitrogens is 1. The van der Waals surface area contributed by atoms with Crippen molar-refractivity contribution < 1.29 is 0 Å². The fourth-order valence-electron chi connectivity index (χ4n) is 2.31. The van der Waals surface area contributed by atoms with E-state index in [0.29, 0.717) is 11.1 Å². The zero-order valence-electron chi connectivity index (χ0n) is 11.6. The Labute approximate surface area is 131 Å². The van der Waals surface area contributed by atoms with Crippen LogP contribution in [0.25, 0.3) is 11.1 Å². The van der Waals surface area contributed by atoms with Crippen molar-refractivity contribution >= 4 is 11.6 Å². The molecule has 5 heteroatoms. The summed E-state index contributed by atoms with van der Waals surface area (Å²) in [4.78, 5) is 27.3. The molecule has 1 heterocycles. The Bertz CT molecular complexity index is 899. The van der Waals surface area contributed by atoms with E-state index in [2.05, 4.69) is 4.98 Å². The van der Waals surface area contributed by atoms with E-state index < -0.39 is 11.2 Å². The predicted octanol–water partition coefficient (Wildman–Crippen LogP) is 2.91. The minimum absolute atomic E-state index is 0.0607. The van der Waals surface area contributed by atoms with Gasteiger partial charge in [0.05, 0.1) is 12.1 Å². The molecule has 3 rings (SSSR count). The highest BCUT2D eigenvalue weighted by Gasteiger charge is 2.14. The van der Waals surface area contributed by atoms with Crippen LogP contribution in [0.3, 0.4) is 0 Å². The van der Waals surface area contributed by atoms with Crippen LogP contribution in [0.5, 0.6) is 0 Å². The van der Waals surface area contributed by atoms with E-state index in [-0.39, 0.29) is 11.7 Å². The van der Waals surface area contributed by atoms with Crippen molar-refractivity contribution in [2.75, 3.05) is 0 Å². The number of aromatic nitrogens is 2. The molecule has 3 aromatic rings. The lowest BCUT2D eigenvalue weighted by atomic mass is 10.1. The molecule has 0 bridgehead atoms. The van der Waals surface area contributed by atoms with E-state index in [1.807, 2.05) is 48.5 Å². The summed E-state index contributed by atoms with van der Waals surface area (Å²) < 4.78 is 1.16. The molecule has 4 nitrogen and oxygen atoms in total. The van der Waals surface area contributed by atoms with Crippen LogP contribution < -0.4 is 11.2 Å². The average Bonchev–Trinajstić information content (AvgIpc) is 2.53. The Morgan fingerprint density at radius 1 is 0.909 bits per heavy atom. The van der Waals surface area contributed by atoms with Gasteiger partial charge in [0.25, 0.3) is 5.56 Å². The van der Waals surface area contributed by atoms with Gasteiger partial charge in [-0.25, -0.2) is 4.79 Å². The molecule has 0 aliphatic heterocycles. The quantitative estimate of drug-likeness (QED) is 0.756. The SMILES string of the molecule is O=c1[nH]c(Cl)c(-c2ccccc2)c(=O)n1Cc1ccccc1. The van der Waals surface area contributed by atoms with Crippen molar-refractivity contribution in [3.63, 3.8) is 0 Å². The van der Waals surface area contributed by atoms with Crippen molar-refractivity contribution in [2.24, 2.45) is 0 Å². The summed E-state index contributed by atoms with van der Waals surface area (Å²) in [6.45, 7) is 0.200. The summed E-state index contributed by atoms with van der Waals surface area (Å²) in [5, 5.41) is 0.0607. The molecule has 0 spiro atoms. The van der Waals surface area contributed by atoms with Crippen LogP contribution in [0.15, 0.2) is 70.3 Å². The second kappa shape index (κ2) is 6.03. The normalized spacial score (nSPS) is 10.6. The molecule has 0 aliphatic carbocycles. The largest absolute Gasteiger partial charge is 0.329 e. The molecule has 2 aromatic carbocycles. The summed E-state index contributed by atoms with van der Waals surface area (Å²) in [6, 6.07) is 18.4. The number of nitrogens with one attached hydrogen (secondary N) is 1. The monoisotopic (exact) mass is 312 g/mol. The molecule has 1 aromatic heterocycles. The van der Waals surface area contributed by atoms with Gasteiger partial charge in [0.1, 0.15) is 5.15 Å². The zero-order chi connectivity index (χ0) is 15.5. The lowest BCUT2D eigenvalue weighted by Crippen LogP contribution is -2.36. The second-order valence-corrected chi connectivity index (χ2v) is 5.24. The molecule has 0 saturated carbocycles. The maximum Gasteiger partial charge on any atom is 0.329 e. The van der Waals surface area contributed by atoms with Crippen molar-refractivity contribution in [2.45, 2.75) is 6.54 Å². The van der Waals surface area contributed by atoms with Crippen LogP contribution in [-0.4, -0.2) is 9.55 Å². The minimum Gasteiger partial charge on any atom is -0.297 e. The molecule has 0 fully saturated rings. The first-order valence-corrected chi connectivity index (χ1v) is 7.16. The summed E-state index contributed by atoms with van der Waals surface area (Å²) in [7, 11) is 0. The van der Waals surface area contributed by atoms with Gasteiger partial charge in [0, 0.05) is 0 Å². The molecule has 22 heavy (non-hydrogen) atoms. The summed E-state index contributed by atoms with van der Waals surface area (Å²) >= 11 is 6.08. The number of nitrogens with zero attached hydrogens (tertiary/aromatic N) is 1. The first-order valence-electron chi connectivity index (χ1n) is 6.79. The van der Waals surface area contributed by atoms with Crippen molar-refractivity contribution in [1.82, 2.24) is 9.55 Å². The molecule has 1 N–H and O–H groups in total. The van der Waals surface area contributed by atoms with Crippen molar-refractivity contribution in [3.8, 4) is 11.1 Å². The number of halogens is 1. The van der Waals surface area contributed by atoms with Gasteiger partial charge in [-0.05, 0) is 11.1 Å². The molecule has 0 aliphatic rings. The predicted molar refractivity (Wildman–Crippen MR) is 87.3 cm³/mol. The highest BCUT2D eigenvalue weighted by molar-refractivity contribution is 6.32.